The largest absolute Gasteiger partial charge is 0.461 e. The van der Waals surface area contributed by atoms with Gasteiger partial charge >= 0.3 is 5.97 Å². The Hall–Kier alpha value is -1.35. The van der Waals surface area contributed by atoms with Crippen molar-refractivity contribution < 1.29 is 9.53 Å². The van der Waals surface area contributed by atoms with Crippen molar-refractivity contribution in [3.8, 4) is 0 Å². The van der Waals surface area contributed by atoms with Crippen LogP contribution in [-0.4, -0.2) is 18.6 Å². The third-order valence-electron chi connectivity index (χ3n) is 3.05. The maximum absolute atomic E-state index is 11.8. The van der Waals surface area contributed by atoms with E-state index in [0.29, 0.717) is 6.61 Å². The van der Waals surface area contributed by atoms with Gasteiger partial charge in [0.25, 0.3) is 0 Å². The molecule has 1 N–H and O–H groups in total. The summed E-state index contributed by atoms with van der Waals surface area (Å²) < 4.78 is 5.30. The van der Waals surface area contributed by atoms with Crippen molar-refractivity contribution in [2.45, 2.75) is 26.0 Å². The Morgan fingerprint density at radius 2 is 2.19 bits per heavy atom. The highest BCUT2D eigenvalue weighted by molar-refractivity contribution is 5.73. The third kappa shape index (κ3) is 2.61. The second-order valence-electron chi connectivity index (χ2n) is 4.23. The van der Waals surface area contributed by atoms with Crippen molar-refractivity contribution >= 4 is 5.97 Å². The highest BCUT2D eigenvalue weighted by atomic mass is 16.5. The van der Waals surface area contributed by atoms with Crippen molar-refractivity contribution in [1.82, 2.24) is 5.32 Å². The summed E-state index contributed by atoms with van der Waals surface area (Å²) in [5.74, 6) is -0.0648. The van der Waals surface area contributed by atoms with Gasteiger partial charge < -0.3 is 10.1 Å². The summed E-state index contributed by atoms with van der Waals surface area (Å²) in [6, 6.07) is 10.0. The van der Waals surface area contributed by atoms with E-state index in [1.165, 1.54) is 0 Å². The van der Waals surface area contributed by atoms with Gasteiger partial charge in [0.1, 0.15) is 6.61 Å². The third-order valence-corrected chi connectivity index (χ3v) is 3.05. The van der Waals surface area contributed by atoms with Crippen LogP contribution < -0.4 is 5.32 Å². The molecule has 1 aromatic rings. The van der Waals surface area contributed by atoms with E-state index in [4.69, 9.17) is 4.74 Å². The van der Waals surface area contributed by atoms with Gasteiger partial charge in [-0.05, 0) is 25.5 Å². The number of benzene rings is 1. The highest BCUT2D eigenvalue weighted by Crippen LogP contribution is 2.17. The minimum atomic E-state index is -0.0821. The Kier molecular flexibility index (Phi) is 3.57. The molecule has 1 saturated heterocycles. The molecule has 0 saturated carbocycles. The minimum absolute atomic E-state index is 0.0173. The van der Waals surface area contributed by atoms with Gasteiger partial charge in [-0.2, -0.15) is 0 Å². The van der Waals surface area contributed by atoms with Gasteiger partial charge in [0.15, 0.2) is 0 Å². The molecule has 3 heteroatoms. The van der Waals surface area contributed by atoms with Crippen LogP contribution in [0.3, 0.4) is 0 Å². The Labute approximate surface area is 95.8 Å². The Bertz CT molecular complexity index is 350. The molecule has 1 fully saturated rings. The SMILES string of the molecule is CC1NCCC1C(=O)OCc1ccccc1. The van der Waals surface area contributed by atoms with E-state index < -0.39 is 0 Å². The molecule has 2 rings (SSSR count). The van der Waals surface area contributed by atoms with Crippen LogP contribution in [0, 0.1) is 5.92 Å². The minimum Gasteiger partial charge on any atom is -0.461 e. The van der Waals surface area contributed by atoms with Gasteiger partial charge in [-0.3, -0.25) is 4.79 Å². The van der Waals surface area contributed by atoms with Crippen molar-refractivity contribution in [3.05, 3.63) is 35.9 Å². The van der Waals surface area contributed by atoms with Gasteiger partial charge in [0.05, 0.1) is 5.92 Å². The maximum Gasteiger partial charge on any atom is 0.310 e. The molecule has 0 amide bonds. The Morgan fingerprint density at radius 3 is 2.81 bits per heavy atom. The molecule has 2 atom stereocenters. The number of rotatable bonds is 3. The first-order valence-electron chi connectivity index (χ1n) is 5.71. The van der Waals surface area contributed by atoms with E-state index in [1.54, 1.807) is 0 Å². The number of carbonyl (C=O) groups is 1. The average molecular weight is 219 g/mol. The van der Waals surface area contributed by atoms with E-state index in [-0.39, 0.29) is 17.9 Å². The number of nitrogens with one attached hydrogen (secondary N) is 1. The number of ether oxygens (including phenoxy) is 1. The van der Waals surface area contributed by atoms with Crippen molar-refractivity contribution in [1.29, 1.82) is 0 Å². The zero-order valence-electron chi connectivity index (χ0n) is 9.48. The molecule has 1 aliphatic rings. The molecule has 0 radical (unpaired) electrons. The van der Waals surface area contributed by atoms with Crippen molar-refractivity contribution in [2.75, 3.05) is 6.54 Å². The van der Waals surface area contributed by atoms with E-state index >= 15 is 0 Å². The highest BCUT2D eigenvalue weighted by Gasteiger charge is 2.30. The lowest BCUT2D eigenvalue weighted by Gasteiger charge is -2.13. The van der Waals surface area contributed by atoms with Gasteiger partial charge in [0, 0.05) is 6.04 Å². The lowest BCUT2D eigenvalue weighted by Crippen LogP contribution is -2.29. The first kappa shape index (κ1) is 11.1. The summed E-state index contributed by atoms with van der Waals surface area (Å²) in [6.07, 6.45) is 0.884. The predicted molar refractivity (Wildman–Crippen MR) is 61.8 cm³/mol. The van der Waals surface area contributed by atoms with Crippen LogP contribution in [0.1, 0.15) is 18.9 Å². The molecule has 3 nitrogen and oxygen atoms in total. The fourth-order valence-corrected chi connectivity index (χ4v) is 2.02. The van der Waals surface area contributed by atoms with E-state index in [9.17, 15) is 4.79 Å². The quantitative estimate of drug-likeness (QED) is 0.787. The zero-order chi connectivity index (χ0) is 11.4. The molecule has 0 aromatic heterocycles. The summed E-state index contributed by atoms with van der Waals surface area (Å²) >= 11 is 0. The number of hydrogen-bond acceptors (Lipinski definition) is 3. The Balaban J connectivity index is 1.84. The van der Waals surface area contributed by atoms with Crippen LogP contribution in [0.5, 0.6) is 0 Å². The monoisotopic (exact) mass is 219 g/mol. The maximum atomic E-state index is 11.8. The standard InChI is InChI=1S/C13H17NO2/c1-10-12(7-8-14-10)13(15)16-9-11-5-3-2-4-6-11/h2-6,10,12,14H,7-9H2,1H3. The molecule has 0 spiro atoms. The van der Waals surface area contributed by atoms with Crippen molar-refractivity contribution in [2.24, 2.45) is 5.92 Å². The van der Waals surface area contributed by atoms with Crippen LogP contribution in [-0.2, 0) is 16.1 Å². The topological polar surface area (TPSA) is 38.3 Å². The van der Waals surface area contributed by atoms with Crippen LogP contribution in [0.4, 0.5) is 0 Å². The van der Waals surface area contributed by atoms with E-state index in [1.807, 2.05) is 37.3 Å². The number of carbonyl (C=O) groups excluding carboxylic acids is 1. The normalized spacial score (nSPS) is 24.3. The molecule has 0 bridgehead atoms. The molecule has 1 heterocycles. The number of hydrogen-bond donors (Lipinski definition) is 1. The molecule has 1 aliphatic heterocycles. The fraction of sp³-hybridized carbons (Fsp3) is 0.462. The van der Waals surface area contributed by atoms with E-state index in [0.717, 1.165) is 18.5 Å². The molecule has 0 aliphatic carbocycles. The molecular weight excluding hydrogens is 202 g/mol. The summed E-state index contributed by atoms with van der Waals surface area (Å²) in [6.45, 7) is 3.32. The van der Waals surface area contributed by atoms with Gasteiger partial charge in [-0.25, -0.2) is 0 Å². The second-order valence-corrected chi connectivity index (χ2v) is 4.23. The summed E-state index contributed by atoms with van der Waals surface area (Å²) in [5.41, 5.74) is 1.04. The smallest absolute Gasteiger partial charge is 0.310 e. The summed E-state index contributed by atoms with van der Waals surface area (Å²) in [7, 11) is 0. The lowest BCUT2D eigenvalue weighted by molar-refractivity contribution is -0.150. The van der Waals surface area contributed by atoms with E-state index in [2.05, 4.69) is 5.32 Å². The predicted octanol–water partition coefficient (Wildman–Crippen LogP) is 1.73. The molecular formula is C13H17NO2. The molecule has 1 aromatic carbocycles. The lowest BCUT2D eigenvalue weighted by atomic mass is 10.0. The number of esters is 1. The average Bonchev–Trinajstić information content (AvgIpc) is 2.74. The second kappa shape index (κ2) is 5.12. The van der Waals surface area contributed by atoms with Gasteiger partial charge in [-0.1, -0.05) is 30.3 Å². The van der Waals surface area contributed by atoms with Crippen molar-refractivity contribution in [3.63, 3.8) is 0 Å². The fourth-order valence-electron chi connectivity index (χ4n) is 2.02. The molecule has 86 valence electrons. The molecule has 2 unspecified atom stereocenters. The van der Waals surface area contributed by atoms with Gasteiger partial charge in [-0.15, -0.1) is 0 Å². The molecule has 16 heavy (non-hydrogen) atoms. The van der Waals surface area contributed by atoms with Crippen LogP contribution in [0.15, 0.2) is 30.3 Å². The zero-order valence-corrected chi connectivity index (χ0v) is 9.48. The first-order chi connectivity index (χ1) is 7.77. The van der Waals surface area contributed by atoms with Crippen LogP contribution in [0.2, 0.25) is 0 Å². The summed E-state index contributed by atoms with van der Waals surface area (Å²) in [5, 5.41) is 3.25. The first-order valence-corrected chi connectivity index (χ1v) is 5.71. The van der Waals surface area contributed by atoms with Crippen LogP contribution >= 0.6 is 0 Å². The Morgan fingerprint density at radius 1 is 1.44 bits per heavy atom. The van der Waals surface area contributed by atoms with Gasteiger partial charge in [0.2, 0.25) is 0 Å². The van der Waals surface area contributed by atoms with Crippen LogP contribution in [0.25, 0.3) is 0 Å². The summed E-state index contributed by atoms with van der Waals surface area (Å²) in [4.78, 5) is 11.8.